The second-order valence-electron chi connectivity index (χ2n) is 4.82. The number of aryl methyl sites for hydroxylation is 2. The summed E-state index contributed by atoms with van der Waals surface area (Å²) in [5.41, 5.74) is 1.77. The fourth-order valence-electron chi connectivity index (χ4n) is 2.60. The first-order chi connectivity index (χ1) is 9.54. The Kier molecular flexibility index (Phi) is 4.26. The highest BCUT2D eigenvalue weighted by Gasteiger charge is 2.33. The molecule has 2 rings (SSSR count). The summed E-state index contributed by atoms with van der Waals surface area (Å²) in [7, 11) is 1.29. The lowest BCUT2D eigenvalue weighted by atomic mass is 10.0. The Morgan fingerprint density at radius 1 is 1.50 bits per heavy atom. The van der Waals surface area contributed by atoms with Gasteiger partial charge in [0.2, 0.25) is 0 Å². The number of aromatic nitrogens is 1. The Morgan fingerprint density at radius 3 is 2.85 bits per heavy atom. The number of methoxy groups -OCH3 is 1. The summed E-state index contributed by atoms with van der Waals surface area (Å²) < 4.78 is 9.67. The van der Waals surface area contributed by atoms with Crippen LogP contribution in [0.15, 0.2) is 4.52 Å². The molecule has 1 aromatic heterocycles. The maximum atomic E-state index is 12.1. The van der Waals surface area contributed by atoms with E-state index in [0.717, 1.165) is 29.9 Å². The van der Waals surface area contributed by atoms with Crippen molar-refractivity contribution in [1.29, 1.82) is 0 Å². The SMILES string of the molecule is COC(=O)CNC(=O)N1CCC[C@@H]1c1c(C)noc1C. The van der Waals surface area contributed by atoms with Gasteiger partial charge in [0, 0.05) is 12.1 Å². The van der Waals surface area contributed by atoms with Gasteiger partial charge in [-0.3, -0.25) is 4.79 Å². The van der Waals surface area contributed by atoms with E-state index in [2.05, 4.69) is 15.2 Å². The van der Waals surface area contributed by atoms with Gasteiger partial charge in [-0.15, -0.1) is 0 Å². The van der Waals surface area contributed by atoms with E-state index in [-0.39, 0.29) is 18.6 Å². The van der Waals surface area contributed by atoms with Gasteiger partial charge in [-0.05, 0) is 26.7 Å². The van der Waals surface area contributed by atoms with Crippen molar-refractivity contribution in [1.82, 2.24) is 15.4 Å². The maximum Gasteiger partial charge on any atom is 0.325 e. The number of ether oxygens (including phenoxy) is 1. The first-order valence-electron chi connectivity index (χ1n) is 6.58. The molecule has 0 saturated carbocycles. The van der Waals surface area contributed by atoms with Crippen molar-refractivity contribution >= 4 is 12.0 Å². The Bertz CT molecular complexity index is 492. The molecule has 0 aromatic carbocycles. The number of nitrogens with one attached hydrogen (secondary N) is 1. The van der Waals surface area contributed by atoms with Crippen LogP contribution in [0.3, 0.4) is 0 Å². The molecule has 0 unspecified atom stereocenters. The summed E-state index contributed by atoms with van der Waals surface area (Å²) in [6, 6.07) is -0.309. The summed E-state index contributed by atoms with van der Waals surface area (Å²) in [6.07, 6.45) is 1.79. The zero-order valence-electron chi connectivity index (χ0n) is 11.9. The minimum atomic E-state index is -0.466. The third-order valence-corrected chi connectivity index (χ3v) is 3.55. The zero-order valence-corrected chi connectivity index (χ0v) is 11.9. The van der Waals surface area contributed by atoms with Crippen molar-refractivity contribution in [3.8, 4) is 0 Å². The highest BCUT2D eigenvalue weighted by atomic mass is 16.5. The average Bonchev–Trinajstić information content (AvgIpc) is 3.02. The van der Waals surface area contributed by atoms with Gasteiger partial charge >= 0.3 is 12.0 Å². The molecule has 7 nitrogen and oxygen atoms in total. The standard InChI is InChI=1S/C13H19N3O4/c1-8-12(9(2)20-15-8)10-5-4-6-16(10)13(18)14-7-11(17)19-3/h10H,4-7H2,1-3H3,(H,14,18)/t10-/m1/s1. The monoisotopic (exact) mass is 281 g/mol. The van der Waals surface area contributed by atoms with Crippen molar-refractivity contribution in [2.45, 2.75) is 32.7 Å². The van der Waals surface area contributed by atoms with Crippen LogP contribution in [0, 0.1) is 13.8 Å². The van der Waals surface area contributed by atoms with Gasteiger partial charge < -0.3 is 19.5 Å². The first-order valence-corrected chi connectivity index (χ1v) is 6.58. The average molecular weight is 281 g/mol. The lowest BCUT2D eigenvalue weighted by Crippen LogP contribution is -2.42. The predicted molar refractivity (Wildman–Crippen MR) is 70.1 cm³/mol. The van der Waals surface area contributed by atoms with Gasteiger partial charge in [0.15, 0.2) is 0 Å². The summed E-state index contributed by atoms with van der Waals surface area (Å²) in [4.78, 5) is 24.9. The lowest BCUT2D eigenvalue weighted by Gasteiger charge is -2.24. The van der Waals surface area contributed by atoms with Crippen LogP contribution in [-0.2, 0) is 9.53 Å². The number of nitrogens with zero attached hydrogens (tertiary/aromatic N) is 2. The van der Waals surface area contributed by atoms with Crippen molar-refractivity contribution in [3.05, 3.63) is 17.0 Å². The van der Waals surface area contributed by atoms with Gasteiger partial charge in [-0.25, -0.2) is 4.79 Å². The quantitative estimate of drug-likeness (QED) is 0.844. The Balaban J connectivity index is 2.08. The van der Waals surface area contributed by atoms with Crippen molar-refractivity contribution in [3.63, 3.8) is 0 Å². The summed E-state index contributed by atoms with van der Waals surface area (Å²) in [5.74, 6) is 0.270. The Labute approximate surface area is 117 Å². The number of carbonyl (C=O) groups excluding carboxylic acids is 2. The van der Waals surface area contributed by atoms with Crippen LogP contribution < -0.4 is 5.32 Å². The fourth-order valence-corrected chi connectivity index (χ4v) is 2.60. The number of hydrogen-bond donors (Lipinski definition) is 1. The molecule has 2 heterocycles. The molecule has 1 aliphatic heterocycles. The third kappa shape index (κ3) is 2.76. The summed E-state index contributed by atoms with van der Waals surface area (Å²) in [5, 5.41) is 6.50. The number of likely N-dealkylation sites (tertiary alicyclic amines) is 1. The van der Waals surface area contributed by atoms with Gasteiger partial charge in [0.25, 0.3) is 0 Å². The van der Waals surface area contributed by atoms with E-state index < -0.39 is 5.97 Å². The Hall–Kier alpha value is -2.05. The number of urea groups is 1. The van der Waals surface area contributed by atoms with Gasteiger partial charge in [0.1, 0.15) is 12.3 Å². The second kappa shape index (κ2) is 5.94. The summed E-state index contributed by atoms with van der Waals surface area (Å²) >= 11 is 0. The molecule has 1 saturated heterocycles. The van der Waals surface area contributed by atoms with E-state index in [0.29, 0.717) is 6.54 Å². The first kappa shape index (κ1) is 14.4. The third-order valence-electron chi connectivity index (χ3n) is 3.55. The minimum absolute atomic E-state index is 0.0427. The molecule has 1 atom stereocenters. The molecule has 0 spiro atoms. The van der Waals surface area contributed by atoms with Gasteiger partial charge in [-0.1, -0.05) is 5.16 Å². The van der Waals surface area contributed by atoms with E-state index in [4.69, 9.17) is 4.52 Å². The zero-order chi connectivity index (χ0) is 14.7. The molecule has 1 N–H and O–H groups in total. The topological polar surface area (TPSA) is 84.7 Å². The van der Waals surface area contributed by atoms with E-state index >= 15 is 0 Å². The molecular weight excluding hydrogens is 262 g/mol. The van der Waals surface area contributed by atoms with Crippen LogP contribution >= 0.6 is 0 Å². The fraction of sp³-hybridized carbons (Fsp3) is 0.615. The minimum Gasteiger partial charge on any atom is -0.468 e. The van der Waals surface area contributed by atoms with Gasteiger partial charge in [-0.2, -0.15) is 0 Å². The molecule has 110 valence electrons. The van der Waals surface area contributed by atoms with Gasteiger partial charge in [0.05, 0.1) is 18.8 Å². The number of amides is 2. The smallest absolute Gasteiger partial charge is 0.325 e. The van der Waals surface area contributed by atoms with Crippen LogP contribution in [0.1, 0.15) is 35.9 Å². The van der Waals surface area contributed by atoms with Crippen LogP contribution in [0.25, 0.3) is 0 Å². The number of hydrogen-bond acceptors (Lipinski definition) is 5. The van der Waals surface area contributed by atoms with Crippen molar-refractivity contribution in [2.24, 2.45) is 0 Å². The molecule has 0 bridgehead atoms. The largest absolute Gasteiger partial charge is 0.468 e. The summed E-state index contributed by atoms with van der Waals surface area (Å²) in [6.45, 7) is 4.24. The molecular formula is C13H19N3O4. The highest BCUT2D eigenvalue weighted by molar-refractivity contribution is 5.81. The molecule has 0 aliphatic carbocycles. The molecule has 7 heteroatoms. The van der Waals surface area contributed by atoms with E-state index in [1.54, 1.807) is 4.90 Å². The maximum absolute atomic E-state index is 12.1. The van der Waals surface area contributed by atoms with Crippen LogP contribution in [0.5, 0.6) is 0 Å². The van der Waals surface area contributed by atoms with E-state index in [1.165, 1.54) is 7.11 Å². The van der Waals surface area contributed by atoms with Crippen LogP contribution in [-0.4, -0.2) is 42.3 Å². The molecule has 1 fully saturated rings. The van der Waals surface area contributed by atoms with E-state index in [9.17, 15) is 9.59 Å². The van der Waals surface area contributed by atoms with Crippen LogP contribution in [0.4, 0.5) is 4.79 Å². The predicted octanol–water partition coefficient (Wildman–Crippen LogP) is 1.31. The normalized spacial score (nSPS) is 18.1. The molecule has 0 radical (unpaired) electrons. The number of carbonyl (C=O) groups is 2. The Morgan fingerprint density at radius 2 is 2.25 bits per heavy atom. The van der Waals surface area contributed by atoms with Crippen LogP contribution in [0.2, 0.25) is 0 Å². The molecule has 1 aromatic rings. The van der Waals surface area contributed by atoms with Crippen molar-refractivity contribution < 1.29 is 18.8 Å². The molecule has 1 aliphatic rings. The number of rotatable bonds is 3. The molecule has 2 amide bonds. The second-order valence-corrected chi connectivity index (χ2v) is 4.82. The highest BCUT2D eigenvalue weighted by Crippen LogP contribution is 2.35. The molecule has 20 heavy (non-hydrogen) atoms. The lowest BCUT2D eigenvalue weighted by molar-refractivity contribution is -0.139. The number of esters is 1. The van der Waals surface area contributed by atoms with Crippen molar-refractivity contribution in [2.75, 3.05) is 20.2 Å². The van der Waals surface area contributed by atoms with E-state index in [1.807, 2.05) is 13.8 Å².